The highest BCUT2D eigenvalue weighted by atomic mass is 16.3. The molecule has 0 amide bonds. The average molecular weight is 169 g/mol. The third-order valence-electron chi connectivity index (χ3n) is 3.75. The van der Waals surface area contributed by atoms with Crippen molar-refractivity contribution in [2.24, 2.45) is 5.41 Å². The Morgan fingerprint density at radius 3 is 2.42 bits per heavy atom. The monoisotopic (exact) mass is 169 g/mol. The van der Waals surface area contributed by atoms with Gasteiger partial charge in [0.1, 0.15) is 0 Å². The molecular weight excluding hydrogens is 150 g/mol. The minimum Gasteiger partial charge on any atom is -0.394 e. The van der Waals surface area contributed by atoms with Gasteiger partial charge in [-0.3, -0.25) is 0 Å². The Morgan fingerprint density at radius 2 is 2.08 bits per heavy atom. The summed E-state index contributed by atoms with van der Waals surface area (Å²) in [7, 11) is 0. The fraction of sp³-hybridized carbons (Fsp3) is 1.00. The van der Waals surface area contributed by atoms with Crippen LogP contribution in [0.2, 0.25) is 0 Å². The van der Waals surface area contributed by atoms with Gasteiger partial charge < -0.3 is 10.4 Å². The van der Waals surface area contributed by atoms with Crippen molar-refractivity contribution in [1.82, 2.24) is 5.32 Å². The van der Waals surface area contributed by atoms with Crippen LogP contribution in [0.1, 0.15) is 39.5 Å². The lowest BCUT2D eigenvalue weighted by Gasteiger charge is -2.35. The first-order chi connectivity index (χ1) is 5.60. The molecule has 0 bridgehead atoms. The van der Waals surface area contributed by atoms with Crippen LogP contribution in [-0.2, 0) is 0 Å². The highest BCUT2D eigenvalue weighted by molar-refractivity contribution is 5.09. The molecular formula is C10H19NO. The van der Waals surface area contributed by atoms with E-state index < -0.39 is 0 Å². The molecule has 2 heteroatoms. The first-order valence-corrected chi connectivity index (χ1v) is 4.98. The Kier molecular flexibility index (Phi) is 1.74. The van der Waals surface area contributed by atoms with Crippen molar-refractivity contribution in [3.63, 3.8) is 0 Å². The SMILES string of the molecule is CC1(C(C)(CO)NC2CC2)CC1. The summed E-state index contributed by atoms with van der Waals surface area (Å²) in [4.78, 5) is 0. The molecule has 0 saturated heterocycles. The van der Waals surface area contributed by atoms with E-state index in [1.807, 2.05) is 0 Å². The molecule has 0 aromatic rings. The molecule has 2 saturated carbocycles. The van der Waals surface area contributed by atoms with E-state index in [0.717, 1.165) is 0 Å². The van der Waals surface area contributed by atoms with E-state index in [9.17, 15) is 5.11 Å². The van der Waals surface area contributed by atoms with Crippen LogP contribution < -0.4 is 5.32 Å². The van der Waals surface area contributed by atoms with Crippen LogP contribution in [0.5, 0.6) is 0 Å². The van der Waals surface area contributed by atoms with Gasteiger partial charge in [-0.1, -0.05) is 6.92 Å². The van der Waals surface area contributed by atoms with E-state index in [0.29, 0.717) is 11.5 Å². The Bertz CT molecular complexity index is 184. The van der Waals surface area contributed by atoms with Crippen LogP contribution in [0.3, 0.4) is 0 Å². The van der Waals surface area contributed by atoms with Gasteiger partial charge in [0, 0.05) is 11.6 Å². The third kappa shape index (κ3) is 1.27. The Labute approximate surface area is 74.4 Å². The highest BCUT2D eigenvalue weighted by Gasteiger charge is 2.53. The quantitative estimate of drug-likeness (QED) is 0.664. The first kappa shape index (κ1) is 8.52. The van der Waals surface area contributed by atoms with Crippen molar-refractivity contribution in [1.29, 1.82) is 0 Å². The molecule has 2 nitrogen and oxygen atoms in total. The van der Waals surface area contributed by atoms with Gasteiger partial charge in [0.2, 0.25) is 0 Å². The molecule has 0 aromatic heterocycles. The number of nitrogens with one attached hydrogen (secondary N) is 1. The van der Waals surface area contributed by atoms with Crippen molar-refractivity contribution < 1.29 is 5.11 Å². The van der Waals surface area contributed by atoms with E-state index in [2.05, 4.69) is 19.2 Å². The number of rotatable bonds is 4. The minimum absolute atomic E-state index is 0.0197. The molecule has 2 fully saturated rings. The fourth-order valence-corrected chi connectivity index (χ4v) is 1.83. The molecule has 1 atom stereocenters. The second-order valence-electron chi connectivity index (χ2n) is 4.97. The molecule has 0 aromatic carbocycles. The maximum Gasteiger partial charge on any atom is 0.0616 e. The van der Waals surface area contributed by atoms with E-state index in [4.69, 9.17) is 0 Å². The van der Waals surface area contributed by atoms with Gasteiger partial charge in [-0.25, -0.2) is 0 Å². The number of hydrogen-bond donors (Lipinski definition) is 2. The van der Waals surface area contributed by atoms with Gasteiger partial charge in [0.15, 0.2) is 0 Å². The van der Waals surface area contributed by atoms with Crippen molar-refractivity contribution >= 4 is 0 Å². The largest absolute Gasteiger partial charge is 0.394 e. The van der Waals surface area contributed by atoms with Gasteiger partial charge in [-0.05, 0) is 38.0 Å². The molecule has 0 spiro atoms. The van der Waals surface area contributed by atoms with Crippen molar-refractivity contribution in [2.45, 2.75) is 51.1 Å². The predicted molar refractivity (Wildman–Crippen MR) is 49.0 cm³/mol. The molecule has 0 radical (unpaired) electrons. The van der Waals surface area contributed by atoms with Gasteiger partial charge >= 0.3 is 0 Å². The van der Waals surface area contributed by atoms with Gasteiger partial charge in [0.25, 0.3) is 0 Å². The molecule has 2 aliphatic carbocycles. The summed E-state index contributed by atoms with van der Waals surface area (Å²) < 4.78 is 0. The van der Waals surface area contributed by atoms with E-state index in [1.54, 1.807) is 0 Å². The fourth-order valence-electron chi connectivity index (χ4n) is 1.83. The second-order valence-corrected chi connectivity index (χ2v) is 4.97. The van der Waals surface area contributed by atoms with Crippen LogP contribution in [0, 0.1) is 5.41 Å². The van der Waals surface area contributed by atoms with E-state index >= 15 is 0 Å². The first-order valence-electron chi connectivity index (χ1n) is 4.98. The Balaban J connectivity index is 2.01. The molecule has 12 heavy (non-hydrogen) atoms. The molecule has 2 N–H and O–H groups in total. The minimum atomic E-state index is -0.0197. The highest BCUT2D eigenvalue weighted by Crippen LogP contribution is 2.54. The molecule has 2 aliphatic rings. The number of aliphatic hydroxyl groups excluding tert-OH is 1. The molecule has 0 heterocycles. The number of hydrogen-bond acceptors (Lipinski definition) is 2. The zero-order valence-corrected chi connectivity index (χ0v) is 8.06. The molecule has 70 valence electrons. The third-order valence-corrected chi connectivity index (χ3v) is 3.75. The second kappa shape index (κ2) is 2.46. The lowest BCUT2D eigenvalue weighted by Crippen LogP contribution is -2.53. The van der Waals surface area contributed by atoms with Crippen LogP contribution in [0.25, 0.3) is 0 Å². The summed E-state index contributed by atoms with van der Waals surface area (Å²) in [6.45, 7) is 4.72. The summed E-state index contributed by atoms with van der Waals surface area (Å²) in [5.41, 5.74) is 0.346. The summed E-state index contributed by atoms with van der Waals surface area (Å²) >= 11 is 0. The van der Waals surface area contributed by atoms with Crippen LogP contribution in [-0.4, -0.2) is 23.3 Å². The molecule has 1 unspecified atom stereocenters. The Morgan fingerprint density at radius 1 is 1.50 bits per heavy atom. The maximum atomic E-state index is 9.38. The Hall–Kier alpha value is -0.0800. The van der Waals surface area contributed by atoms with Crippen LogP contribution in [0.4, 0.5) is 0 Å². The molecule has 2 rings (SSSR count). The molecule has 0 aliphatic heterocycles. The van der Waals surface area contributed by atoms with Crippen LogP contribution in [0.15, 0.2) is 0 Å². The predicted octanol–water partition coefficient (Wildman–Crippen LogP) is 1.29. The van der Waals surface area contributed by atoms with Crippen molar-refractivity contribution in [3.05, 3.63) is 0 Å². The summed E-state index contributed by atoms with van der Waals surface area (Å²) in [6, 6.07) is 0.694. The van der Waals surface area contributed by atoms with E-state index in [1.165, 1.54) is 25.7 Å². The normalized spacial score (nSPS) is 31.2. The topological polar surface area (TPSA) is 32.3 Å². The standard InChI is InChI=1S/C10H19NO/c1-9(5-6-9)10(2,7-12)11-8-3-4-8/h8,11-12H,3-7H2,1-2H3. The summed E-state index contributed by atoms with van der Waals surface area (Å²) in [5, 5.41) is 12.9. The zero-order chi connectivity index (χ0) is 8.82. The lowest BCUT2D eigenvalue weighted by atomic mass is 9.84. The zero-order valence-electron chi connectivity index (χ0n) is 8.06. The van der Waals surface area contributed by atoms with E-state index in [-0.39, 0.29) is 12.1 Å². The van der Waals surface area contributed by atoms with Crippen molar-refractivity contribution in [2.75, 3.05) is 6.61 Å². The lowest BCUT2D eigenvalue weighted by molar-refractivity contribution is 0.111. The summed E-state index contributed by atoms with van der Waals surface area (Å²) in [5.74, 6) is 0. The summed E-state index contributed by atoms with van der Waals surface area (Å²) in [6.07, 6.45) is 5.13. The number of aliphatic hydroxyl groups is 1. The van der Waals surface area contributed by atoms with Gasteiger partial charge in [-0.15, -0.1) is 0 Å². The average Bonchev–Trinajstić information content (AvgIpc) is 2.88. The van der Waals surface area contributed by atoms with Gasteiger partial charge in [0.05, 0.1) is 6.61 Å². The van der Waals surface area contributed by atoms with Crippen molar-refractivity contribution in [3.8, 4) is 0 Å². The maximum absolute atomic E-state index is 9.38. The smallest absolute Gasteiger partial charge is 0.0616 e. The van der Waals surface area contributed by atoms with Gasteiger partial charge in [-0.2, -0.15) is 0 Å². The van der Waals surface area contributed by atoms with Crippen LogP contribution >= 0.6 is 0 Å².